The first-order valence-corrected chi connectivity index (χ1v) is 6.60. The number of hydrogen-bond acceptors (Lipinski definition) is 3. The topological polar surface area (TPSA) is 34.2 Å². The summed E-state index contributed by atoms with van der Waals surface area (Å²) in [6.07, 6.45) is 1.76. The molecule has 0 aliphatic carbocycles. The van der Waals surface area contributed by atoms with Crippen LogP contribution in [0.25, 0.3) is 0 Å². The molecule has 1 aromatic heterocycles. The Bertz CT molecular complexity index is 552. The average Bonchev–Trinajstić information content (AvgIpc) is 2.42. The molecule has 0 bridgehead atoms. The van der Waals surface area contributed by atoms with Crippen LogP contribution in [0.15, 0.2) is 36.5 Å². The second-order valence-electron chi connectivity index (χ2n) is 4.60. The number of rotatable bonds is 5. The second kappa shape index (κ2) is 6.34. The zero-order chi connectivity index (χ0) is 13.7. The molecule has 0 saturated heterocycles. The van der Waals surface area contributed by atoms with Gasteiger partial charge >= 0.3 is 0 Å². The largest absolute Gasteiger partial charge is 0.439 e. The number of aryl methyl sites for hydroxylation is 2. The van der Waals surface area contributed by atoms with Crippen LogP contribution in [0.3, 0.4) is 0 Å². The van der Waals surface area contributed by atoms with Crippen LogP contribution in [0.5, 0.6) is 11.6 Å². The number of aromatic nitrogens is 1. The minimum Gasteiger partial charge on any atom is -0.439 e. The molecular weight excluding hydrogens is 236 g/mol. The molecule has 3 heteroatoms. The molecule has 0 saturated carbocycles. The van der Waals surface area contributed by atoms with E-state index >= 15 is 0 Å². The summed E-state index contributed by atoms with van der Waals surface area (Å²) in [6, 6.07) is 10.1. The standard InChI is InChI=1S/C16H20N2O/c1-4-17-11-14-6-5-9-18-16(14)19-15-8-7-12(2)13(3)10-15/h5-10,17H,4,11H2,1-3H3. The monoisotopic (exact) mass is 256 g/mol. The van der Waals surface area contributed by atoms with Gasteiger partial charge in [0, 0.05) is 18.3 Å². The number of nitrogens with zero attached hydrogens (tertiary/aromatic N) is 1. The van der Waals surface area contributed by atoms with Crippen molar-refractivity contribution in [3.05, 3.63) is 53.2 Å². The zero-order valence-corrected chi connectivity index (χ0v) is 11.7. The van der Waals surface area contributed by atoms with E-state index in [2.05, 4.69) is 37.1 Å². The van der Waals surface area contributed by atoms with Crippen molar-refractivity contribution in [1.29, 1.82) is 0 Å². The fraction of sp³-hybridized carbons (Fsp3) is 0.312. The van der Waals surface area contributed by atoms with Gasteiger partial charge in [-0.2, -0.15) is 0 Å². The maximum absolute atomic E-state index is 5.89. The highest BCUT2D eigenvalue weighted by Crippen LogP contribution is 2.24. The highest BCUT2D eigenvalue weighted by molar-refractivity contribution is 5.37. The first-order valence-electron chi connectivity index (χ1n) is 6.60. The van der Waals surface area contributed by atoms with E-state index < -0.39 is 0 Å². The molecule has 0 fully saturated rings. The summed E-state index contributed by atoms with van der Waals surface area (Å²) in [7, 11) is 0. The molecule has 2 rings (SSSR count). The van der Waals surface area contributed by atoms with Crippen molar-refractivity contribution in [3.8, 4) is 11.6 Å². The summed E-state index contributed by atoms with van der Waals surface area (Å²) in [5, 5.41) is 3.29. The Morgan fingerprint density at radius 1 is 1.16 bits per heavy atom. The molecule has 3 nitrogen and oxygen atoms in total. The Balaban J connectivity index is 2.20. The third-order valence-electron chi connectivity index (χ3n) is 3.11. The summed E-state index contributed by atoms with van der Waals surface area (Å²) in [5.41, 5.74) is 3.56. The van der Waals surface area contributed by atoms with Crippen LogP contribution >= 0.6 is 0 Å². The predicted octanol–water partition coefficient (Wildman–Crippen LogP) is 3.60. The smallest absolute Gasteiger partial charge is 0.223 e. The maximum atomic E-state index is 5.89. The van der Waals surface area contributed by atoms with E-state index in [1.807, 2.05) is 24.3 Å². The lowest BCUT2D eigenvalue weighted by Gasteiger charge is -2.11. The fourth-order valence-corrected chi connectivity index (χ4v) is 1.80. The minimum atomic E-state index is 0.673. The summed E-state index contributed by atoms with van der Waals surface area (Å²) in [5.74, 6) is 1.51. The summed E-state index contributed by atoms with van der Waals surface area (Å²) in [4.78, 5) is 4.32. The van der Waals surface area contributed by atoms with Gasteiger partial charge in [0.05, 0.1) is 0 Å². The van der Waals surface area contributed by atoms with E-state index in [-0.39, 0.29) is 0 Å². The van der Waals surface area contributed by atoms with Gasteiger partial charge in [0.1, 0.15) is 5.75 Å². The quantitative estimate of drug-likeness (QED) is 0.887. The van der Waals surface area contributed by atoms with Crippen molar-refractivity contribution in [2.75, 3.05) is 6.54 Å². The van der Waals surface area contributed by atoms with E-state index in [9.17, 15) is 0 Å². The summed E-state index contributed by atoms with van der Waals surface area (Å²) in [6.45, 7) is 7.96. The van der Waals surface area contributed by atoms with E-state index in [1.54, 1.807) is 6.20 Å². The van der Waals surface area contributed by atoms with Gasteiger partial charge in [0.25, 0.3) is 0 Å². The Morgan fingerprint density at radius 3 is 2.74 bits per heavy atom. The van der Waals surface area contributed by atoms with Gasteiger partial charge in [0.2, 0.25) is 5.88 Å². The summed E-state index contributed by atoms with van der Waals surface area (Å²) < 4.78 is 5.89. The van der Waals surface area contributed by atoms with Gasteiger partial charge in [-0.1, -0.05) is 19.1 Å². The van der Waals surface area contributed by atoms with Crippen molar-refractivity contribution >= 4 is 0 Å². The molecular formula is C16H20N2O. The van der Waals surface area contributed by atoms with Gasteiger partial charge in [-0.3, -0.25) is 0 Å². The van der Waals surface area contributed by atoms with Crippen LogP contribution in [0, 0.1) is 13.8 Å². The molecule has 0 radical (unpaired) electrons. The lowest BCUT2D eigenvalue weighted by atomic mass is 10.1. The molecule has 0 aliphatic rings. The highest BCUT2D eigenvalue weighted by atomic mass is 16.5. The normalized spacial score (nSPS) is 10.5. The first kappa shape index (κ1) is 13.6. The molecule has 0 atom stereocenters. The van der Waals surface area contributed by atoms with Crippen LogP contribution in [-0.4, -0.2) is 11.5 Å². The van der Waals surface area contributed by atoms with Crippen LogP contribution in [0.2, 0.25) is 0 Å². The van der Waals surface area contributed by atoms with E-state index in [1.165, 1.54) is 11.1 Å². The Kier molecular flexibility index (Phi) is 4.53. The Hall–Kier alpha value is -1.87. The number of ether oxygens (including phenoxy) is 1. The van der Waals surface area contributed by atoms with Gasteiger partial charge in [-0.05, 0) is 49.7 Å². The van der Waals surface area contributed by atoms with E-state index in [0.29, 0.717) is 5.88 Å². The SMILES string of the molecule is CCNCc1cccnc1Oc1ccc(C)c(C)c1. The molecule has 100 valence electrons. The third-order valence-corrected chi connectivity index (χ3v) is 3.11. The number of nitrogens with one attached hydrogen (secondary N) is 1. The van der Waals surface area contributed by atoms with Crippen molar-refractivity contribution in [3.63, 3.8) is 0 Å². The van der Waals surface area contributed by atoms with Crippen LogP contribution in [-0.2, 0) is 6.54 Å². The van der Waals surface area contributed by atoms with Gasteiger partial charge in [0.15, 0.2) is 0 Å². The van der Waals surface area contributed by atoms with Crippen molar-refractivity contribution < 1.29 is 4.74 Å². The lowest BCUT2D eigenvalue weighted by Crippen LogP contribution is -2.12. The minimum absolute atomic E-state index is 0.673. The van der Waals surface area contributed by atoms with Gasteiger partial charge < -0.3 is 10.1 Å². The van der Waals surface area contributed by atoms with Crippen LogP contribution in [0.4, 0.5) is 0 Å². The molecule has 0 unspecified atom stereocenters. The molecule has 1 N–H and O–H groups in total. The third kappa shape index (κ3) is 3.55. The first-order chi connectivity index (χ1) is 9.20. The molecule has 0 aliphatic heterocycles. The predicted molar refractivity (Wildman–Crippen MR) is 77.6 cm³/mol. The molecule has 0 amide bonds. The summed E-state index contributed by atoms with van der Waals surface area (Å²) >= 11 is 0. The van der Waals surface area contributed by atoms with Crippen molar-refractivity contribution in [1.82, 2.24) is 10.3 Å². The molecule has 19 heavy (non-hydrogen) atoms. The Morgan fingerprint density at radius 2 is 2.00 bits per heavy atom. The van der Waals surface area contributed by atoms with E-state index in [0.717, 1.165) is 24.4 Å². The van der Waals surface area contributed by atoms with Crippen molar-refractivity contribution in [2.45, 2.75) is 27.3 Å². The maximum Gasteiger partial charge on any atom is 0.223 e. The molecule has 1 aromatic carbocycles. The fourth-order valence-electron chi connectivity index (χ4n) is 1.80. The number of benzene rings is 1. The molecule has 1 heterocycles. The Labute approximate surface area is 114 Å². The van der Waals surface area contributed by atoms with E-state index in [4.69, 9.17) is 4.74 Å². The van der Waals surface area contributed by atoms with Crippen molar-refractivity contribution in [2.24, 2.45) is 0 Å². The highest BCUT2D eigenvalue weighted by Gasteiger charge is 2.06. The zero-order valence-electron chi connectivity index (χ0n) is 11.7. The molecule has 2 aromatic rings. The van der Waals surface area contributed by atoms with Gasteiger partial charge in [-0.15, -0.1) is 0 Å². The lowest BCUT2D eigenvalue weighted by molar-refractivity contribution is 0.453. The average molecular weight is 256 g/mol. The van der Waals surface area contributed by atoms with Gasteiger partial charge in [-0.25, -0.2) is 4.98 Å². The number of hydrogen-bond donors (Lipinski definition) is 1. The van der Waals surface area contributed by atoms with Crippen LogP contribution < -0.4 is 10.1 Å². The molecule has 0 spiro atoms. The van der Waals surface area contributed by atoms with Crippen LogP contribution in [0.1, 0.15) is 23.6 Å². The number of pyridine rings is 1. The second-order valence-corrected chi connectivity index (χ2v) is 4.60.